The van der Waals surface area contributed by atoms with Crippen LogP contribution in [0.4, 0.5) is 5.69 Å². The Morgan fingerprint density at radius 2 is 1.56 bits per heavy atom. The van der Waals surface area contributed by atoms with Crippen LogP contribution in [-0.2, 0) is 26.2 Å². The first-order valence-corrected chi connectivity index (χ1v) is 14.8. The number of carbonyl (C=O) groups excluding carboxylic acids is 2. The van der Waals surface area contributed by atoms with Crippen LogP contribution in [0.3, 0.4) is 0 Å². The van der Waals surface area contributed by atoms with E-state index >= 15 is 0 Å². The zero-order chi connectivity index (χ0) is 28.7. The van der Waals surface area contributed by atoms with Gasteiger partial charge in [-0.25, -0.2) is 8.42 Å². The predicted molar refractivity (Wildman–Crippen MR) is 157 cm³/mol. The van der Waals surface area contributed by atoms with E-state index in [4.69, 9.17) is 23.2 Å². The van der Waals surface area contributed by atoms with Gasteiger partial charge in [0.05, 0.1) is 20.6 Å². The Labute approximate surface area is 240 Å². The number of carbonyl (C=O) groups is 2. The lowest BCUT2D eigenvalue weighted by molar-refractivity contribution is -0.140. The van der Waals surface area contributed by atoms with Gasteiger partial charge in [0.15, 0.2) is 0 Å². The van der Waals surface area contributed by atoms with Gasteiger partial charge in [-0.15, -0.1) is 0 Å². The molecule has 39 heavy (non-hydrogen) atoms. The van der Waals surface area contributed by atoms with E-state index in [1.165, 1.54) is 35.2 Å². The van der Waals surface area contributed by atoms with Crippen molar-refractivity contribution < 1.29 is 18.0 Å². The molecule has 1 unspecified atom stereocenters. The summed E-state index contributed by atoms with van der Waals surface area (Å²) in [6.07, 6.45) is 0.342. The van der Waals surface area contributed by atoms with Crippen LogP contribution < -0.4 is 9.62 Å². The van der Waals surface area contributed by atoms with Crippen molar-refractivity contribution in [2.75, 3.05) is 10.8 Å². The summed E-state index contributed by atoms with van der Waals surface area (Å²) in [6.45, 7) is 7.02. The number of amides is 2. The third-order valence-corrected chi connectivity index (χ3v) is 8.75. The van der Waals surface area contributed by atoms with Crippen molar-refractivity contribution in [2.45, 2.75) is 57.6 Å². The summed E-state index contributed by atoms with van der Waals surface area (Å²) in [5.41, 5.74) is 1.98. The number of hydrogen-bond donors (Lipinski definition) is 1. The monoisotopic (exact) mass is 589 g/mol. The lowest BCUT2D eigenvalue weighted by Crippen LogP contribution is -2.53. The lowest BCUT2D eigenvalue weighted by atomic mass is 10.1. The fourth-order valence-electron chi connectivity index (χ4n) is 4.16. The van der Waals surface area contributed by atoms with E-state index in [0.717, 1.165) is 15.4 Å². The van der Waals surface area contributed by atoms with Gasteiger partial charge in [0.1, 0.15) is 12.6 Å². The van der Waals surface area contributed by atoms with Crippen LogP contribution in [0.5, 0.6) is 0 Å². The van der Waals surface area contributed by atoms with Crippen molar-refractivity contribution in [1.29, 1.82) is 0 Å². The molecule has 3 rings (SSSR count). The number of aryl methyl sites for hydroxylation is 1. The van der Waals surface area contributed by atoms with Crippen LogP contribution in [0.1, 0.15) is 38.3 Å². The maximum atomic E-state index is 14.0. The topological polar surface area (TPSA) is 86.8 Å². The van der Waals surface area contributed by atoms with Crippen LogP contribution >= 0.6 is 23.2 Å². The van der Waals surface area contributed by atoms with E-state index < -0.39 is 28.5 Å². The Morgan fingerprint density at radius 3 is 2.15 bits per heavy atom. The van der Waals surface area contributed by atoms with Crippen LogP contribution in [0.15, 0.2) is 77.7 Å². The van der Waals surface area contributed by atoms with Crippen molar-refractivity contribution >= 4 is 50.7 Å². The summed E-state index contributed by atoms with van der Waals surface area (Å²) in [6, 6.07) is 18.9. The molecule has 1 atom stereocenters. The third-order valence-electron chi connectivity index (χ3n) is 6.22. The van der Waals surface area contributed by atoms with Crippen LogP contribution in [-0.4, -0.2) is 43.8 Å². The maximum Gasteiger partial charge on any atom is 0.264 e. The van der Waals surface area contributed by atoms with Crippen molar-refractivity contribution in [3.05, 3.63) is 94.0 Å². The summed E-state index contributed by atoms with van der Waals surface area (Å²) < 4.78 is 28.6. The summed E-state index contributed by atoms with van der Waals surface area (Å²) in [5, 5.41) is 3.29. The standard InChI is InChI=1S/C29H33Cl2N3O4S/c1-5-27(29(36)32-20(2)3)33(18-22-12-10-9-11-21(22)4)28(35)19-34(23-15-16-25(30)26(31)17-23)39(37,38)24-13-7-6-8-14-24/h6-17,20,27H,5,18-19H2,1-4H3,(H,32,36). The summed E-state index contributed by atoms with van der Waals surface area (Å²) >= 11 is 12.3. The molecule has 3 aromatic carbocycles. The number of rotatable bonds is 11. The molecule has 0 aliphatic rings. The Morgan fingerprint density at radius 1 is 0.923 bits per heavy atom. The van der Waals surface area contributed by atoms with E-state index in [0.29, 0.717) is 6.42 Å². The minimum Gasteiger partial charge on any atom is -0.352 e. The molecule has 208 valence electrons. The highest BCUT2D eigenvalue weighted by Gasteiger charge is 2.34. The molecule has 0 saturated heterocycles. The van der Waals surface area contributed by atoms with Crippen molar-refractivity contribution in [2.24, 2.45) is 0 Å². The summed E-state index contributed by atoms with van der Waals surface area (Å²) in [4.78, 5) is 28.7. The fraction of sp³-hybridized carbons (Fsp3) is 0.310. The van der Waals surface area contributed by atoms with Crippen molar-refractivity contribution in [1.82, 2.24) is 10.2 Å². The smallest absolute Gasteiger partial charge is 0.264 e. The Kier molecular flexibility index (Phi) is 10.4. The van der Waals surface area contributed by atoms with E-state index in [1.807, 2.05) is 52.0 Å². The molecule has 0 aliphatic heterocycles. The normalized spacial score (nSPS) is 12.2. The van der Waals surface area contributed by atoms with Gasteiger partial charge >= 0.3 is 0 Å². The van der Waals surface area contributed by atoms with Crippen LogP contribution in [0.25, 0.3) is 0 Å². The van der Waals surface area contributed by atoms with Gasteiger partial charge < -0.3 is 10.2 Å². The molecule has 0 spiro atoms. The minimum absolute atomic E-state index is 0.0129. The number of anilines is 1. The number of sulfonamides is 1. The average Bonchev–Trinajstić information content (AvgIpc) is 2.89. The number of benzene rings is 3. The molecule has 0 bridgehead atoms. The van der Waals surface area contributed by atoms with Gasteiger partial charge in [0.25, 0.3) is 10.0 Å². The highest BCUT2D eigenvalue weighted by molar-refractivity contribution is 7.92. The number of halogens is 2. The van der Waals surface area contributed by atoms with Gasteiger partial charge in [-0.1, -0.05) is 72.6 Å². The first-order chi connectivity index (χ1) is 18.4. The molecule has 7 nitrogen and oxygen atoms in total. The quantitative estimate of drug-likeness (QED) is 0.305. The maximum absolute atomic E-state index is 14.0. The molecule has 0 aromatic heterocycles. The Hall–Kier alpha value is -3.07. The number of nitrogens with zero attached hydrogens (tertiary/aromatic N) is 2. The molecule has 0 aliphatic carbocycles. The van der Waals surface area contributed by atoms with Gasteiger partial charge in [-0.2, -0.15) is 0 Å². The predicted octanol–water partition coefficient (Wildman–Crippen LogP) is 5.83. The van der Waals surface area contributed by atoms with Gasteiger partial charge in [0, 0.05) is 12.6 Å². The SMILES string of the molecule is CCC(C(=O)NC(C)C)N(Cc1ccccc1C)C(=O)CN(c1ccc(Cl)c(Cl)c1)S(=O)(=O)c1ccccc1. The van der Waals surface area contributed by atoms with E-state index in [9.17, 15) is 18.0 Å². The molecule has 0 heterocycles. The van der Waals surface area contributed by atoms with Gasteiger partial charge in [-0.3, -0.25) is 13.9 Å². The first kappa shape index (κ1) is 30.5. The number of hydrogen-bond acceptors (Lipinski definition) is 4. The molecule has 10 heteroatoms. The zero-order valence-electron chi connectivity index (χ0n) is 22.4. The third kappa shape index (κ3) is 7.53. The molecular formula is C29H33Cl2N3O4S. The summed E-state index contributed by atoms with van der Waals surface area (Å²) in [7, 11) is -4.18. The fourth-order valence-corrected chi connectivity index (χ4v) is 5.88. The first-order valence-electron chi connectivity index (χ1n) is 12.6. The summed E-state index contributed by atoms with van der Waals surface area (Å²) in [5.74, 6) is -0.837. The molecule has 2 amide bonds. The second-order valence-corrected chi connectivity index (χ2v) is 12.1. The Bertz CT molecular complexity index is 1420. The lowest BCUT2D eigenvalue weighted by Gasteiger charge is -2.34. The van der Waals surface area contributed by atoms with E-state index in [2.05, 4.69) is 5.32 Å². The molecular weight excluding hydrogens is 557 g/mol. The molecule has 0 radical (unpaired) electrons. The van der Waals surface area contributed by atoms with Gasteiger partial charge in [0.2, 0.25) is 11.8 Å². The van der Waals surface area contributed by atoms with Crippen LogP contribution in [0.2, 0.25) is 10.0 Å². The largest absolute Gasteiger partial charge is 0.352 e. The average molecular weight is 591 g/mol. The van der Waals surface area contributed by atoms with Gasteiger partial charge in [-0.05, 0) is 68.7 Å². The second-order valence-electron chi connectivity index (χ2n) is 9.46. The minimum atomic E-state index is -4.18. The highest BCUT2D eigenvalue weighted by atomic mass is 35.5. The Balaban J connectivity index is 2.09. The number of nitrogens with one attached hydrogen (secondary N) is 1. The van der Waals surface area contributed by atoms with E-state index in [-0.39, 0.29) is 39.1 Å². The van der Waals surface area contributed by atoms with Crippen molar-refractivity contribution in [3.8, 4) is 0 Å². The highest BCUT2D eigenvalue weighted by Crippen LogP contribution is 2.31. The molecule has 3 aromatic rings. The van der Waals surface area contributed by atoms with Crippen LogP contribution in [0, 0.1) is 6.92 Å². The van der Waals surface area contributed by atoms with Crippen molar-refractivity contribution in [3.63, 3.8) is 0 Å². The van der Waals surface area contributed by atoms with E-state index in [1.54, 1.807) is 18.2 Å². The molecule has 1 N–H and O–H groups in total. The zero-order valence-corrected chi connectivity index (χ0v) is 24.7. The molecule has 0 saturated carbocycles. The molecule has 0 fully saturated rings. The second kappa shape index (κ2) is 13.3.